The summed E-state index contributed by atoms with van der Waals surface area (Å²) in [6.07, 6.45) is -0.202. The van der Waals surface area contributed by atoms with Gasteiger partial charge in [0.25, 0.3) is 0 Å². The molecule has 0 bridgehead atoms. The number of nitrogens with zero attached hydrogens (tertiary/aromatic N) is 3. The molecule has 0 aromatic carbocycles. The van der Waals surface area contributed by atoms with Crippen LogP contribution in [-0.2, 0) is 4.74 Å². The lowest BCUT2D eigenvalue weighted by Gasteiger charge is -2.39. The Morgan fingerprint density at radius 1 is 0.667 bits per heavy atom. The van der Waals surface area contributed by atoms with E-state index in [-0.39, 0.29) is 17.2 Å². The molecule has 0 spiro atoms. The SMILES string of the molecule is CC(C)(C)OC(=O)N1CCN(C(C)(C)C)CCN(C(C)(C)C)CC1. The molecule has 0 atom stereocenters. The first-order chi connectivity index (χ1) is 10.7. The molecule has 5 nitrogen and oxygen atoms in total. The average Bonchev–Trinajstić information content (AvgIpc) is 2.44. The molecule has 1 heterocycles. The number of carbonyl (C=O) groups is 1. The fourth-order valence-corrected chi connectivity index (χ4v) is 2.91. The minimum absolute atomic E-state index is 0.0908. The van der Waals surface area contributed by atoms with Crippen molar-refractivity contribution in [2.45, 2.75) is 79.0 Å². The van der Waals surface area contributed by atoms with Gasteiger partial charge in [-0.05, 0) is 62.3 Å². The third kappa shape index (κ3) is 6.98. The van der Waals surface area contributed by atoms with E-state index < -0.39 is 5.60 Å². The van der Waals surface area contributed by atoms with E-state index in [0.717, 1.165) is 26.2 Å². The number of hydrogen-bond donors (Lipinski definition) is 0. The molecule has 24 heavy (non-hydrogen) atoms. The molecule has 142 valence electrons. The van der Waals surface area contributed by atoms with Crippen molar-refractivity contribution in [3.05, 3.63) is 0 Å². The Kier molecular flexibility index (Phi) is 6.73. The molecule has 0 N–H and O–H groups in total. The minimum Gasteiger partial charge on any atom is -0.444 e. The highest BCUT2D eigenvalue weighted by molar-refractivity contribution is 5.68. The zero-order valence-electron chi connectivity index (χ0n) is 17.4. The molecule has 1 fully saturated rings. The second-order valence-electron chi connectivity index (χ2n) is 9.78. The average molecular weight is 342 g/mol. The monoisotopic (exact) mass is 341 g/mol. The molecule has 1 saturated heterocycles. The van der Waals surface area contributed by atoms with Gasteiger partial charge < -0.3 is 9.64 Å². The lowest BCUT2D eigenvalue weighted by molar-refractivity contribution is 0.0205. The van der Waals surface area contributed by atoms with Gasteiger partial charge in [-0.2, -0.15) is 0 Å². The van der Waals surface area contributed by atoms with Gasteiger partial charge in [0, 0.05) is 50.3 Å². The highest BCUT2D eigenvalue weighted by atomic mass is 16.6. The molecule has 0 aromatic heterocycles. The van der Waals surface area contributed by atoms with E-state index >= 15 is 0 Å². The molecular formula is C19H39N3O2. The minimum atomic E-state index is -0.455. The smallest absolute Gasteiger partial charge is 0.410 e. The van der Waals surface area contributed by atoms with Crippen LogP contribution in [0.2, 0.25) is 0 Å². The predicted octanol–water partition coefficient (Wildman–Crippen LogP) is 3.44. The van der Waals surface area contributed by atoms with Crippen LogP contribution in [-0.4, -0.2) is 76.7 Å². The van der Waals surface area contributed by atoms with Crippen molar-refractivity contribution in [3.63, 3.8) is 0 Å². The molecule has 1 rings (SSSR count). The molecule has 0 unspecified atom stereocenters. The van der Waals surface area contributed by atoms with Crippen LogP contribution in [0.5, 0.6) is 0 Å². The first-order valence-corrected chi connectivity index (χ1v) is 9.18. The van der Waals surface area contributed by atoms with Crippen LogP contribution in [0, 0.1) is 0 Å². The Labute approximate surface area is 149 Å². The highest BCUT2D eigenvalue weighted by Gasteiger charge is 2.30. The van der Waals surface area contributed by atoms with Crippen molar-refractivity contribution in [2.24, 2.45) is 0 Å². The van der Waals surface area contributed by atoms with E-state index in [9.17, 15) is 4.79 Å². The van der Waals surface area contributed by atoms with Gasteiger partial charge >= 0.3 is 6.09 Å². The number of hydrogen-bond acceptors (Lipinski definition) is 4. The second-order valence-corrected chi connectivity index (χ2v) is 9.78. The molecule has 1 amide bonds. The van der Waals surface area contributed by atoms with Crippen LogP contribution in [0.4, 0.5) is 4.79 Å². The van der Waals surface area contributed by atoms with Gasteiger partial charge in [-0.25, -0.2) is 4.79 Å². The van der Waals surface area contributed by atoms with Crippen molar-refractivity contribution in [1.29, 1.82) is 0 Å². The molecule has 5 heteroatoms. The maximum atomic E-state index is 12.6. The Hall–Kier alpha value is -0.810. The quantitative estimate of drug-likeness (QED) is 0.676. The molecule has 0 aliphatic carbocycles. The van der Waals surface area contributed by atoms with Crippen LogP contribution in [0.3, 0.4) is 0 Å². The summed E-state index contributed by atoms with van der Waals surface area (Å²) in [5.41, 5.74) is -0.274. The van der Waals surface area contributed by atoms with Gasteiger partial charge in [0.1, 0.15) is 5.60 Å². The zero-order valence-corrected chi connectivity index (χ0v) is 17.4. The van der Waals surface area contributed by atoms with Gasteiger partial charge in [0.05, 0.1) is 0 Å². The van der Waals surface area contributed by atoms with E-state index in [2.05, 4.69) is 51.3 Å². The maximum absolute atomic E-state index is 12.6. The van der Waals surface area contributed by atoms with E-state index in [1.54, 1.807) is 0 Å². The molecule has 0 radical (unpaired) electrons. The number of amides is 1. The normalized spacial score (nSPS) is 20.3. The lowest BCUT2D eigenvalue weighted by Crippen LogP contribution is -2.50. The summed E-state index contributed by atoms with van der Waals surface area (Å²) in [5.74, 6) is 0. The van der Waals surface area contributed by atoms with Crippen LogP contribution >= 0.6 is 0 Å². The summed E-state index contributed by atoms with van der Waals surface area (Å²) in [5, 5.41) is 0. The summed E-state index contributed by atoms with van der Waals surface area (Å²) >= 11 is 0. The molecular weight excluding hydrogens is 302 g/mol. The van der Waals surface area contributed by atoms with Crippen molar-refractivity contribution >= 4 is 6.09 Å². The van der Waals surface area contributed by atoms with Gasteiger partial charge in [-0.1, -0.05) is 0 Å². The van der Waals surface area contributed by atoms with Crippen LogP contribution in [0.1, 0.15) is 62.3 Å². The van der Waals surface area contributed by atoms with Gasteiger partial charge in [0.15, 0.2) is 0 Å². The summed E-state index contributed by atoms with van der Waals surface area (Å²) in [7, 11) is 0. The Morgan fingerprint density at radius 3 is 1.29 bits per heavy atom. The third-order valence-electron chi connectivity index (χ3n) is 4.47. The van der Waals surface area contributed by atoms with Crippen molar-refractivity contribution in [3.8, 4) is 0 Å². The molecule has 0 aromatic rings. The lowest BCUT2D eigenvalue weighted by atomic mass is 10.0. The van der Waals surface area contributed by atoms with Gasteiger partial charge in [-0.3, -0.25) is 9.80 Å². The van der Waals surface area contributed by atoms with Crippen molar-refractivity contribution in [1.82, 2.24) is 14.7 Å². The highest BCUT2D eigenvalue weighted by Crippen LogP contribution is 2.19. The number of rotatable bonds is 0. The maximum Gasteiger partial charge on any atom is 0.410 e. The van der Waals surface area contributed by atoms with E-state index in [0.29, 0.717) is 13.1 Å². The van der Waals surface area contributed by atoms with Crippen molar-refractivity contribution in [2.75, 3.05) is 39.3 Å². The van der Waals surface area contributed by atoms with Crippen LogP contribution < -0.4 is 0 Å². The number of ether oxygens (including phenoxy) is 1. The fourth-order valence-electron chi connectivity index (χ4n) is 2.91. The standard InChI is InChI=1S/C19H39N3O2/c1-17(2,3)21-12-10-20(16(23)24-19(7,8)9)11-13-22(15-14-21)18(4,5)6/h10-15H2,1-9H3. The van der Waals surface area contributed by atoms with Gasteiger partial charge in [0.2, 0.25) is 0 Å². The Balaban J connectivity index is 2.93. The third-order valence-corrected chi connectivity index (χ3v) is 4.47. The first kappa shape index (κ1) is 21.2. The van der Waals surface area contributed by atoms with E-state index in [1.165, 1.54) is 0 Å². The summed E-state index contributed by atoms with van der Waals surface area (Å²) in [4.78, 5) is 19.4. The predicted molar refractivity (Wildman–Crippen MR) is 100 cm³/mol. The van der Waals surface area contributed by atoms with E-state index in [4.69, 9.17) is 4.74 Å². The molecule has 0 saturated carbocycles. The molecule has 1 aliphatic rings. The zero-order chi connectivity index (χ0) is 18.8. The number of carbonyl (C=O) groups excluding carboxylic acids is 1. The van der Waals surface area contributed by atoms with Crippen LogP contribution in [0.25, 0.3) is 0 Å². The first-order valence-electron chi connectivity index (χ1n) is 9.18. The fraction of sp³-hybridized carbons (Fsp3) is 0.947. The summed E-state index contributed by atoms with van der Waals surface area (Å²) < 4.78 is 5.61. The van der Waals surface area contributed by atoms with Crippen molar-refractivity contribution < 1.29 is 9.53 Å². The topological polar surface area (TPSA) is 36.0 Å². The Bertz CT molecular complexity index is 390. The van der Waals surface area contributed by atoms with Crippen LogP contribution in [0.15, 0.2) is 0 Å². The largest absolute Gasteiger partial charge is 0.444 e. The molecule has 1 aliphatic heterocycles. The van der Waals surface area contributed by atoms with Gasteiger partial charge in [-0.15, -0.1) is 0 Å². The summed E-state index contributed by atoms with van der Waals surface area (Å²) in [6.45, 7) is 24.4. The van der Waals surface area contributed by atoms with E-state index in [1.807, 2.05) is 25.7 Å². The second kappa shape index (κ2) is 7.61. The Morgan fingerprint density at radius 2 is 1.00 bits per heavy atom. The summed E-state index contributed by atoms with van der Waals surface area (Å²) in [6, 6.07) is 0.